The molecule has 0 spiro atoms. The molecule has 1 aliphatic heterocycles. The molecule has 132 valence electrons. The SMILES string of the molecule is CN=C(NCC1(C)COC1)NCC1(c2ccc(Br)cc2)CCCC1. The van der Waals surface area contributed by atoms with E-state index in [1.54, 1.807) is 0 Å². The molecule has 2 aliphatic rings. The number of guanidine groups is 1. The van der Waals surface area contributed by atoms with Crippen molar-refractivity contribution in [2.75, 3.05) is 33.4 Å². The number of aliphatic imine (C=N–C) groups is 1. The van der Waals surface area contributed by atoms with E-state index in [9.17, 15) is 0 Å². The van der Waals surface area contributed by atoms with E-state index in [1.807, 2.05) is 7.05 Å². The van der Waals surface area contributed by atoms with Gasteiger partial charge in [-0.25, -0.2) is 0 Å². The van der Waals surface area contributed by atoms with Gasteiger partial charge in [0.25, 0.3) is 0 Å². The maximum Gasteiger partial charge on any atom is 0.191 e. The molecule has 2 N–H and O–H groups in total. The molecule has 0 amide bonds. The summed E-state index contributed by atoms with van der Waals surface area (Å²) >= 11 is 3.54. The Labute approximate surface area is 153 Å². The highest BCUT2D eigenvalue weighted by atomic mass is 79.9. The summed E-state index contributed by atoms with van der Waals surface area (Å²) in [5.74, 6) is 0.895. The summed E-state index contributed by atoms with van der Waals surface area (Å²) in [6.07, 6.45) is 5.09. The molecule has 5 heteroatoms. The van der Waals surface area contributed by atoms with Crippen LogP contribution in [-0.4, -0.2) is 39.3 Å². The van der Waals surface area contributed by atoms with Crippen LogP contribution in [0.2, 0.25) is 0 Å². The molecule has 1 heterocycles. The second kappa shape index (κ2) is 7.44. The number of nitrogens with one attached hydrogen (secondary N) is 2. The summed E-state index contributed by atoms with van der Waals surface area (Å²) in [6, 6.07) is 8.83. The van der Waals surface area contributed by atoms with Crippen LogP contribution < -0.4 is 10.6 Å². The van der Waals surface area contributed by atoms with Crippen molar-refractivity contribution in [3.63, 3.8) is 0 Å². The maximum absolute atomic E-state index is 5.32. The average molecular weight is 394 g/mol. The van der Waals surface area contributed by atoms with Crippen molar-refractivity contribution in [1.29, 1.82) is 0 Å². The lowest BCUT2D eigenvalue weighted by Crippen LogP contribution is -2.52. The fraction of sp³-hybridized carbons (Fsp3) is 0.632. The average Bonchev–Trinajstić information content (AvgIpc) is 3.04. The zero-order valence-electron chi connectivity index (χ0n) is 14.7. The van der Waals surface area contributed by atoms with Crippen molar-refractivity contribution >= 4 is 21.9 Å². The van der Waals surface area contributed by atoms with Crippen LogP contribution in [0.15, 0.2) is 33.7 Å². The van der Waals surface area contributed by atoms with Gasteiger partial charge in [0, 0.05) is 35.4 Å². The van der Waals surface area contributed by atoms with Gasteiger partial charge < -0.3 is 15.4 Å². The smallest absolute Gasteiger partial charge is 0.191 e. The van der Waals surface area contributed by atoms with E-state index in [0.717, 1.165) is 36.7 Å². The predicted octanol–water partition coefficient (Wildman–Crippen LogP) is 3.46. The molecule has 1 saturated heterocycles. The Bertz CT molecular complexity index is 575. The lowest BCUT2D eigenvalue weighted by atomic mass is 9.79. The fourth-order valence-corrected chi connectivity index (χ4v) is 4.01. The molecular weight excluding hydrogens is 366 g/mol. The summed E-state index contributed by atoms with van der Waals surface area (Å²) in [5, 5.41) is 7.04. The first kappa shape index (κ1) is 17.7. The van der Waals surface area contributed by atoms with Gasteiger partial charge in [-0.15, -0.1) is 0 Å². The van der Waals surface area contributed by atoms with Crippen LogP contribution in [0.4, 0.5) is 0 Å². The Balaban J connectivity index is 1.62. The van der Waals surface area contributed by atoms with Crippen molar-refractivity contribution in [2.45, 2.75) is 38.0 Å². The summed E-state index contributed by atoms with van der Waals surface area (Å²) < 4.78 is 6.46. The number of nitrogens with zero attached hydrogens (tertiary/aromatic N) is 1. The molecule has 1 aliphatic carbocycles. The number of hydrogen-bond donors (Lipinski definition) is 2. The molecule has 24 heavy (non-hydrogen) atoms. The van der Waals surface area contributed by atoms with E-state index < -0.39 is 0 Å². The normalized spacial score (nSPS) is 22.0. The second-order valence-electron chi connectivity index (χ2n) is 7.58. The molecular formula is C19H28BrN3O. The van der Waals surface area contributed by atoms with Crippen molar-refractivity contribution in [3.8, 4) is 0 Å². The molecule has 3 rings (SSSR count). The molecule has 0 bridgehead atoms. The number of halogens is 1. The third-order valence-corrected chi connectivity index (χ3v) is 5.95. The quantitative estimate of drug-likeness (QED) is 0.594. The maximum atomic E-state index is 5.32. The van der Waals surface area contributed by atoms with Crippen LogP contribution in [0, 0.1) is 5.41 Å². The van der Waals surface area contributed by atoms with Gasteiger partial charge in [-0.3, -0.25) is 4.99 Å². The Hall–Kier alpha value is -1.07. The van der Waals surface area contributed by atoms with E-state index in [1.165, 1.54) is 31.2 Å². The van der Waals surface area contributed by atoms with Crippen molar-refractivity contribution < 1.29 is 4.74 Å². The Kier molecular flexibility index (Phi) is 5.50. The molecule has 1 aromatic rings. The third-order valence-electron chi connectivity index (χ3n) is 5.42. The molecule has 2 fully saturated rings. The third kappa shape index (κ3) is 3.94. The largest absolute Gasteiger partial charge is 0.380 e. The summed E-state index contributed by atoms with van der Waals surface area (Å²) in [5.41, 5.74) is 1.90. The zero-order valence-corrected chi connectivity index (χ0v) is 16.3. The fourth-order valence-electron chi connectivity index (χ4n) is 3.75. The molecule has 0 unspecified atom stereocenters. The van der Waals surface area contributed by atoms with Crippen molar-refractivity contribution in [3.05, 3.63) is 34.3 Å². The van der Waals surface area contributed by atoms with E-state index in [-0.39, 0.29) is 10.8 Å². The molecule has 1 saturated carbocycles. The lowest BCUT2D eigenvalue weighted by Gasteiger charge is -2.38. The minimum absolute atomic E-state index is 0.224. The minimum atomic E-state index is 0.224. The van der Waals surface area contributed by atoms with Gasteiger partial charge in [0.05, 0.1) is 13.2 Å². The molecule has 0 aromatic heterocycles. The van der Waals surface area contributed by atoms with Crippen LogP contribution in [0.25, 0.3) is 0 Å². The van der Waals surface area contributed by atoms with Crippen LogP contribution in [0.3, 0.4) is 0 Å². The van der Waals surface area contributed by atoms with Gasteiger partial charge in [0.1, 0.15) is 0 Å². The van der Waals surface area contributed by atoms with E-state index in [0.29, 0.717) is 0 Å². The first-order chi connectivity index (χ1) is 11.6. The van der Waals surface area contributed by atoms with Crippen LogP contribution in [-0.2, 0) is 10.2 Å². The Morgan fingerprint density at radius 1 is 1.12 bits per heavy atom. The highest BCUT2D eigenvalue weighted by molar-refractivity contribution is 9.10. The van der Waals surface area contributed by atoms with Crippen molar-refractivity contribution in [2.24, 2.45) is 10.4 Å². The molecule has 0 atom stereocenters. The van der Waals surface area contributed by atoms with Gasteiger partial charge >= 0.3 is 0 Å². The van der Waals surface area contributed by atoms with E-state index >= 15 is 0 Å². The number of hydrogen-bond acceptors (Lipinski definition) is 2. The lowest BCUT2D eigenvalue weighted by molar-refractivity contribution is -0.0971. The molecule has 0 radical (unpaired) electrons. The predicted molar refractivity (Wildman–Crippen MR) is 103 cm³/mol. The van der Waals surface area contributed by atoms with Gasteiger partial charge in [-0.05, 0) is 30.5 Å². The van der Waals surface area contributed by atoms with Crippen molar-refractivity contribution in [1.82, 2.24) is 10.6 Å². The van der Waals surface area contributed by atoms with Gasteiger partial charge in [0.2, 0.25) is 0 Å². The molecule has 1 aromatic carbocycles. The highest BCUT2D eigenvalue weighted by Crippen LogP contribution is 2.41. The summed E-state index contributed by atoms with van der Waals surface area (Å²) in [7, 11) is 1.84. The first-order valence-electron chi connectivity index (χ1n) is 8.84. The number of ether oxygens (including phenoxy) is 1. The standard InChI is InChI=1S/C19H28BrN3O/c1-18(13-24-14-18)11-22-17(21-2)23-12-19(9-3-4-10-19)15-5-7-16(20)8-6-15/h5-8H,3-4,9-14H2,1-2H3,(H2,21,22,23). The van der Waals surface area contributed by atoms with E-state index in [2.05, 4.69) is 62.7 Å². The van der Waals surface area contributed by atoms with Gasteiger partial charge in [0.15, 0.2) is 5.96 Å². The Morgan fingerprint density at radius 2 is 1.75 bits per heavy atom. The zero-order chi connectivity index (χ0) is 17.0. The number of benzene rings is 1. The molecule has 4 nitrogen and oxygen atoms in total. The highest BCUT2D eigenvalue weighted by Gasteiger charge is 2.36. The summed E-state index contributed by atoms with van der Waals surface area (Å²) in [4.78, 5) is 4.40. The minimum Gasteiger partial charge on any atom is -0.380 e. The Morgan fingerprint density at radius 3 is 2.29 bits per heavy atom. The van der Waals surface area contributed by atoms with Crippen LogP contribution in [0.1, 0.15) is 38.2 Å². The number of rotatable bonds is 5. The monoisotopic (exact) mass is 393 g/mol. The van der Waals surface area contributed by atoms with E-state index in [4.69, 9.17) is 4.74 Å². The van der Waals surface area contributed by atoms with Gasteiger partial charge in [-0.1, -0.05) is 47.8 Å². The van der Waals surface area contributed by atoms with Crippen LogP contribution >= 0.6 is 15.9 Å². The first-order valence-corrected chi connectivity index (χ1v) is 9.63. The van der Waals surface area contributed by atoms with Gasteiger partial charge in [-0.2, -0.15) is 0 Å². The summed E-state index contributed by atoms with van der Waals surface area (Å²) in [6.45, 7) is 5.75. The van der Waals surface area contributed by atoms with Crippen LogP contribution in [0.5, 0.6) is 0 Å². The topological polar surface area (TPSA) is 45.7 Å². The second-order valence-corrected chi connectivity index (χ2v) is 8.49.